The maximum Gasteiger partial charge on any atom is 0.307 e. The first kappa shape index (κ1) is 16.4. The van der Waals surface area contributed by atoms with Crippen LogP contribution in [0.1, 0.15) is 26.2 Å². The molecule has 0 aromatic rings. The molecule has 1 heterocycles. The molecule has 0 aromatic carbocycles. The molecule has 1 atom stereocenters. The van der Waals surface area contributed by atoms with Crippen molar-refractivity contribution < 1.29 is 18.3 Å². The number of carboxylic acid groups (broad SMARTS) is 1. The van der Waals surface area contributed by atoms with Gasteiger partial charge in [0.25, 0.3) is 10.2 Å². The van der Waals surface area contributed by atoms with Gasteiger partial charge in [-0.25, -0.2) is 4.72 Å². The monoisotopic (exact) mass is 293 g/mol. The van der Waals surface area contributed by atoms with Crippen molar-refractivity contribution in [2.24, 2.45) is 5.92 Å². The van der Waals surface area contributed by atoms with Crippen molar-refractivity contribution in [2.75, 3.05) is 32.7 Å². The molecule has 0 aliphatic carbocycles. The predicted molar refractivity (Wildman–Crippen MR) is 72.0 cm³/mol. The topological polar surface area (TPSA) is 98.7 Å². The van der Waals surface area contributed by atoms with Gasteiger partial charge < -0.3 is 10.4 Å². The maximum absolute atomic E-state index is 12.0. The van der Waals surface area contributed by atoms with Gasteiger partial charge in [0, 0.05) is 19.6 Å². The number of rotatable bonds is 8. The number of aliphatic carboxylic acids is 1. The van der Waals surface area contributed by atoms with Crippen LogP contribution in [0.4, 0.5) is 0 Å². The molecular weight excluding hydrogens is 270 g/mol. The molecule has 1 aliphatic rings. The number of hydrogen-bond donors (Lipinski definition) is 3. The molecular formula is C11H23N3O4S. The summed E-state index contributed by atoms with van der Waals surface area (Å²) in [6, 6.07) is 0. The summed E-state index contributed by atoms with van der Waals surface area (Å²) < 4.78 is 27.7. The summed E-state index contributed by atoms with van der Waals surface area (Å²) >= 11 is 0. The number of nitrogens with zero attached hydrogens (tertiary/aromatic N) is 1. The van der Waals surface area contributed by atoms with Gasteiger partial charge in [-0.3, -0.25) is 4.79 Å². The Hall–Kier alpha value is -0.700. The number of piperidine rings is 1. The first-order valence-corrected chi connectivity index (χ1v) is 8.09. The zero-order valence-corrected chi connectivity index (χ0v) is 12.1. The lowest BCUT2D eigenvalue weighted by atomic mass is 10.0. The van der Waals surface area contributed by atoms with Crippen molar-refractivity contribution in [3.8, 4) is 0 Å². The first-order valence-electron chi connectivity index (χ1n) is 6.65. The molecule has 112 valence electrons. The Morgan fingerprint density at radius 3 is 2.79 bits per heavy atom. The summed E-state index contributed by atoms with van der Waals surface area (Å²) in [6.07, 6.45) is 1.85. The second kappa shape index (κ2) is 7.78. The SMILES string of the molecule is CCNCCCNS(=O)(=O)N1CCCC(C(=O)O)C1. The summed E-state index contributed by atoms with van der Waals surface area (Å²) in [4.78, 5) is 10.9. The highest BCUT2D eigenvalue weighted by atomic mass is 32.2. The Labute approximate surface area is 114 Å². The van der Waals surface area contributed by atoms with Crippen molar-refractivity contribution in [2.45, 2.75) is 26.2 Å². The molecule has 0 saturated carbocycles. The zero-order chi connectivity index (χ0) is 14.3. The van der Waals surface area contributed by atoms with E-state index in [4.69, 9.17) is 5.11 Å². The lowest BCUT2D eigenvalue weighted by molar-refractivity contribution is -0.142. The van der Waals surface area contributed by atoms with Crippen LogP contribution in [0, 0.1) is 5.92 Å². The second-order valence-corrected chi connectivity index (χ2v) is 6.40. The van der Waals surface area contributed by atoms with Gasteiger partial charge >= 0.3 is 5.97 Å². The van der Waals surface area contributed by atoms with E-state index in [1.54, 1.807) is 0 Å². The Balaban J connectivity index is 2.41. The average molecular weight is 293 g/mol. The lowest BCUT2D eigenvalue weighted by Gasteiger charge is -2.29. The van der Waals surface area contributed by atoms with Crippen molar-refractivity contribution in [3.63, 3.8) is 0 Å². The molecule has 8 heteroatoms. The highest BCUT2D eigenvalue weighted by Gasteiger charge is 2.31. The van der Waals surface area contributed by atoms with E-state index in [1.807, 2.05) is 6.92 Å². The molecule has 0 aromatic heterocycles. The van der Waals surface area contributed by atoms with Crippen LogP contribution in [-0.4, -0.2) is 56.5 Å². The molecule has 0 bridgehead atoms. The van der Waals surface area contributed by atoms with Gasteiger partial charge in [0.1, 0.15) is 0 Å². The first-order chi connectivity index (χ1) is 8.97. The van der Waals surface area contributed by atoms with Gasteiger partial charge in [-0.1, -0.05) is 6.92 Å². The predicted octanol–water partition coefficient (Wildman–Crippen LogP) is -0.383. The second-order valence-electron chi connectivity index (χ2n) is 4.64. The molecule has 19 heavy (non-hydrogen) atoms. The van der Waals surface area contributed by atoms with Gasteiger partial charge in [-0.2, -0.15) is 12.7 Å². The minimum atomic E-state index is -3.54. The van der Waals surface area contributed by atoms with E-state index in [0.717, 1.165) is 13.1 Å². The van der Waals surface area contributed by atoms with Gasteiger partial charge in [0.05, 0.1) is 5.92 Å². The van der Waals surface area contributed by atoms with E-state index in [2.05, 4.69) is 10.0 Å². The van der Waals surface area contributed by atoms with Crippen LogP contribution in [0.5, 0.6) is 0 Å². The summed E-state index contributed by atoms with van der Waals surface area (Å²) in [6.45, 7) is 4.44. The Morgan fingerprint density at radius 1 is 1.42 bits per heavy atom. The van der Waals surface area contributed by atoms with Gasteiger partial charge in [-0.15, -0.1) is 0 Å². The van der Waals surface area contributed by atoms with E-state index in [9.17, 15) is 13.2 Å². The lowest BCUT2D eigenvalue weighted by Crippen LogP contribution is -2.47. The van der Waals surface area contributed by atoms with E-state index < -0.39 is 22.1 Å². The Kier molecular flexibility index (Phi) is 6.70. The molecule has 0 radical (unpaired) electrons. The smallest absolute Gasteiger partial charge is 0.307 e. The minimum absolute atomic E-state index is 0.0673. The highest BCUT2D eigenvalue weighted by molar-refractivity contribution is 7.87. The van der Waals surface area contributed by atoms with Crippen molar-refractivity contribution in [1.29, 1.82) is 0 Å². The number of carbonyl (C=O) groups is 1. The van der Waals surface area contributed by atoms with Gasteiger partial charge in [0.15, 0.2) is 0 Å². The quantitative estimate of drug-likeness (QED) is 0.530. The summed E-state index contributed by atoms with van der Waals surface area (Å²) in [5, 5.41) is 12.1. The molecule has 1 unspecified atom stereocenters. The number of carboxylic acids is 1. The standard InChI is InChI=1S/C11H23N3O4S/c1-2-12-6-4-7-13-19(17,18)14-8-3-5-10(9-14)11(15)16/h10,12-13H,2-9H2,1H3,(H,15,16). The van der Waals surface area contributed by atoms with Gasteiger partial charge in [-0.05, 0) is 32.4 Å². The van der Waals surface area contributed by atoms with Crippen LogP contribution in [0.15, 0.2) is 0 Å². The van der Waals surface area contributed by atoms with Crippen molar-refractivity contribution >= 4 is 16.2 Å². The fourth-order valence-corrected chi connectivity index (χ4v) is 3.38. The molecule has 0 amide bonds. The molecule has 0 spiro atoms. The van der Waals surface area contributed by atoms with Crippen LogP contribution in [0.3, 0.4) is 0 Å². The van der Waals surface area contributed by atoms with Crippen molar-refractivity contribution in [3.05, 3.63) is 0 Å². The fourth-order valence-electron chi connectivity index (χ4n) is 2.04. The van der Waals surface area contributed by atoms with Crippen LogP contribution >= 0.6 is 0 Å². The number of nitrogens with one attached hydrogen (secondary N) is 2. The largest absolute Gasteiger partial charge is 0.481 e. The third-order valence-corrected chi connectivity index (χ3v) is 4.72. The molecule has 7 nitrogen and oxygen atoms in total. The molecule has 1 aliphatic heterocycles. The molecule has 1 saturated heterocycles. The summed E-state index contributed by atoms with van der Waals surface area (Å²) in [5.74, 6) is -1.51. The molecule has 3 N–H and O–H groups in total. The molecule has 1 fully saturated rings. The van der Waals surface area contributed by atoms with E-state index >= 15 is 0 Å². The van der Waals surface area contributed by atoms with Crippen LogP contribution in [0.25, 0.3) is 0 Å². The minimum Gasteiger partial charge on any atom is -0.481 e. The Morgan fingerprint density at radius 2 is 2.16 bits per heavy atom. The van der Waals surface area contributed by atoms with Gasteiger partial charge in [0.2, 0.25) is 0 Å². The average Bonchev–Trinajstić information content (AvgIpc) is 2.38. The normalized spacial score (nSPS) is 21.4. The summed E-state index contributed by atoms with van der Waals surface area (Å²) in [7, 11) is -3.54. The van der Waals surface area contributed by atoms with Crippen LogP contribution in [0.2, 0.25) is 0 Å². The van der Waals surface area contributed by atoms with E-state index in [0.29, 0.717) is 32.4 Å². The highest BCUT2D eigenvalue weighted by Crippen LogP contribution is 2.18. The van der Waals surface area contributed by atoms with Crippen molar-refractivity contribution in [1.82, 2.24) is 14.3 Å². The van der Waals surface area contributed by atoms with E-state index in [-0.39, 0.29) is 6.54 Å². The zero-order valence-electron chi connectivity index (χ0n) is 11.3. The number of hydrogen-bond acceptors (Lipinski definition) is 4. The van der Waals surface area contributed by atoms with Crippen LogP contribution < -0.4 is 10.0 Å². The van der Waals surface area contributed by atoms with E-state index in [1.165, 1.54) is 4.31 Å². The maximum atomic E-state index is 12.0. The third kappa shape index (κ3) is 5.43. The Bertz CT molecular complexity index is 385. The third-order valence-electron chi connectivity index (χ3n) is 3.14. The molecule has 1 rings (SSSR count). The summed E-state index contributed by atoms with van der Waals surface area (Å²) in [5.41, 5.74) is 0. The van der Waals surface area contributed by atoms with Crippen LogP contribution in [-0.2, 0) is 15.0 Å². The fraction of sp³-hybridized carbons (Fsp3) is 0.909.